The number of thioether (sulfide) groups is 1. The van der Waals surface area contributed by atoms with Gasteiger partial charge < -0.3 is 9.47 Å². The minimum Gasteiger partial charge on any atom is -0.338 e. The van der Waals surface area contributed by atoms with E-state index in [0.717, 1.165) is 5.82 Å². The van der Waals surface area contributed by atoms with Crippen molar-refractivity contribution in [2.45, 2.75) is 31.5 Å². The topological polar surface area (TPSA) is 85.2 Å². The summed E-state index contributed by atoms with van der Waals surface area (Å²) >= 11 is 1.33. The lowest BCUT2D eigenvalue weighted by atomic mass is 10.2. The molecule has 2 heterocycles. The van der Waals surface area contributed by atoms with Crippen molar-refractivity contribution in [3.05, 3.63) is 5.82 Å². The molecule has 1 amide bonds. The van der Waals surface area contributed by atoms with Gasteiger partial charge in [-0.1, -0.05) is 11.8 Å². The minimum absolute atomic E-state index is 0.0507. The molecule has 0 aromatic carbocycles. The third-order valence-corrected chi connectivity index (χ3v) is 6.44. The van der Waals surface area contributed by atoms with Gasteiger partial charge >= 0.3 is 0 Å². The summed E-state index contributed by atoms with van der Waals surface area (Å²) in [6.45, 7) is 4.25. The normalized spacial score (nSPS) is 20.6. The molecular weight excluding hydrogens is 312 g/mol. The maximum atomic E-state index is 12.3. The zero-order valence-corrected chi connectivity index (χ0v) is 14.1. The van der Waals surface area contributed by atoms with E-state index in [1.807, 2.05) is 25.5 Å². The lowest BCUT2D eigenvalue weighted by Crippen LogP contribution is -2.42. The lowest BCUT2D eigenvalue weighted by molar-refractivity contribution is -0.129. The van der Waals surface area contributed by atoms with Crippen LogP contribution in [0.3, 0.4) is 0 Å². The number of rotatable bonds is 5. The molecule has 118 valence electrons. The van der Waals surface area contributed by atoms with Crippen molar-refractivity contribution in [1.82, 2.24) is 19.7 Å². The van der Waals surface area contributed by atoms with E-state index in [-0.39, 0.29) is 29.2 Å². The highest BCUT2D eigenvalue weighted by Gasteiger charge is 2.33. The van der Waals surface area contributed by atoms with E-state index < -0.39 is 9.84 Å². The molecule has 1 aliphatic heterocycles. The summed E-state index contributed by atoms with van der Waals surface area (Å²) in [5.41, 5.74) is 0. The Morgan fingerprint density at radius 2 is 2.19 bits per heavy atom. The van der Waals surface area contributed by atoms with Gasteiger partial charge in [-0.3, -0.25) is 4.79 Å². The van der Waals surface area contributed by atoms with Gasteiger partial charge in [0.25, 0.3) is 0 Å². The molecule has 0 bridgehead atoms. The summed E-state index contributed by atoms with van der Waals surface area (Å²) in [7, 11) is -1.13. The molecule has 1 atom stereocenters. The molecular formula is C12H20N4O3S2. The van der Waals surface area contributed by atoms with Crippen molar-refractivity contribution in [2.24, 2.45) is 7.05 Å². The Morgan fingerprint density at radius 1 is 1.48 bits per heavy atom. The highest BCUT2D eigenvalue weighted by Crippen LogP contribution is 2.21. The van der Waals surface area contributed by atoms with Gasteiger partial charge in [0.1, 0.15) is 5.82 Å². The van der Waals surface area contributed by atoms with E-state index in [1.54, 1.807) is 4.90 Å². The highest BCUT2D eigenvalue weighted by molar-refractivity contribution is 7.99. The molecule has 21 heavy (non-hydrogen) atoms. The summed E-state index contributed by atoms with van der Waals surface area (Å²) < 4.78 is 24.9. The molecule has 2 rings (SSSR count). The van der Waals surface area contributed by atoms with Crippen molar-refractivity contribution in [2.75, 3.05) is 23.8 Å². The molecule has 0 unspecified atom stereocenters. The molecule has 7 nitrogen and oxygen atoms in total. The Kier molecular flexibility index (Phi) is 4.92. The number of nitrogens with zero attached hydrogens (tertiary/aromatic N) is 4. The first-order chi connectivity index (χ1) is 9.84. The van der Waals surface area contributed by atoms with Crippen LogP contribution in [0.25, 0.3) is 0 Å². The summed E-state index contributed by atoms with van der Waals surface area (Å²) in [6, 6.07) is -0.186. The van der Waals surface area contributed by atoms with Crippen molar-refractivity contribution < 1.29 is 13.2 Å². The molecule has 0 spiro atoms. The number of hydrogen-bond acceptors (Lipinski definition) is 6. The number of carbonyl (C=O) groups excluding carboxylic acids is 1. The van der Waals surface area contributed by atoms with Crippen LogP contribution in [-0.2, 0) is 21.7 Å². The van der Waals surface area contributed by atoms with Gasteiger partial charge in [0, 0.05) is 19.6 Å². The SMILES string of the molecule is CCN(C(=O)CSc1nnc(C)n1C)[C@H]1CCS(=O)(=O)C1. The molecule has 1 aromatic heterocycles. The second-order valence-electron chi connectivity index (χ2n) is 5.11. The fraction of sp³-hybridized carbons (Fsp3) is 0.750. The molecule has 0 N–H and O–H groups in total. The molecule has 0 saturated carbocycles. The summed E-state index contributed by atoms with van der Waals surface area (Å²) in [5, 5.41) is 8.64. The summed E-state index contributed by atoms with van der Waals surface area (Å²) in [4.78, 5) is 14.0. The largest absolute Gasteiger partial charge is 0.338 e. The van der Waals surface area contributed by atoms with Crippen LogP contribution in [0, 0.1) is 6.92 Å². The monoisotopic (exact) mass is 332 g/mol. The van der Waals surface area contributed by atoms with Crippen molar-refractivity contribution in [1.29, 1.82) is 0 Å². The number of hydrogen-bond donors (Lipinski definition) is 0. The zero-order chi connectivity index (χ0) is 15.6. The van der Waals surface area contributed by atoms with E-state index in [1.165, 1.54) is 11.8 Å². The van der Waals surface area contributed by atoms with Gasteiger partial charge in [-0.25, -0.2) is 8.42 Å². The van der Waals surface area contributed by atoms with Gasteiger partial charge in [0.2, 0.25) is 5.91 Å². The third kappa shape index (κ3) is 3.76. The first kappa shape index (κ1) is 16.3. The smallest absolute Gasteiger partial charge is 0.233 e. The van der Waals surface area contributed by atoms with Crippen molar-refractivity contribution in [3.63, 3.8) is 0 Å². The first-order valence-electron chi connectivity index (χ1n) is 6.82. The maximum Gasteiger partial charge on any atom is 0.233 e. The van der Waals surface area contributed by atoms with Gasteiger partial charge in [-0.15, -0.1) is 10.2 Å². The fourth-order valence-electron chi connectivity index (χ4n) is 2.38. The zero-order valence-electron chi connectivity index (χ0n) is 12.4. The van der Waals surface area contributed by atoms with Crippen molar-refractivity contribution >= 4 is 27.5 Å². The first-order valence-corrected chi connectivity index (χ1v) is 9.63. The Hall–Kier alpha value is -1.09. The number of aromatic nitrogens is 3. The fourth-order valence-corrected chi connectivity index (χ4v) is 4.96. The third-order valence-electron chi connectivity index (χ3n) is 3.69. The Bertz CT molecular complexity index is 626. The minimum atomic E-state index is -2.98. The molecule has 9 heteroatoms. The second-order valence-corrected chi connectivity index (χ2v) is 8.29. The number of carbonyl (C=O) groups is 1. The molecule has 1 saturated heterocycles. The highest BCUT2D eigenvalue weighted by atomic mass is 32.2. The van der Waals surface area contributed by atoms with Crippen LogP contribution in [0.5, 0.6) is 0 Å². The van der Waals surface area contributed by atoms with E-state index >= 15 is 0 Å². The molecule has 0 aliphatic carbocycles. The maximum absolute atomic E-state index is 12.3. The Morgan fingerprint density at radius 3 is 2.67 bits per heavy atom. The molecule has 0 radical (unpaired) electrons. The van der Waals surface area contributed by atoms with Crippen LogP contribution in [0.4, 0.5) is 0 Å². The Labute approximate surface area is 129 Å². The quantitative estimate of drug-likeness (QED) is 0.719. The van der Waals surface area contributed by atoms with Gasteiger partial charge in [0.15, 0.2) is 15.0 Å². The van der Waals surface area contributed by atoms with Crippen LogP contribution in [0.2, 0.25) is 0 Å². The van der Waals surface area contributed by atoms with Crippen LogP contribution in [-0.4, -0.2) is 63.8 Å². The standard InChI is InChI=1S/C12H20N4O3S2/c1-4-16(10-5-6-21(18,19)8-10)11(17)7-20-12-14-13-9(2)15(12)3/h10H,4-8H2,1-3H3/t10-/m0/s1. The van der Waals surface area contributed by atoms with Gasteiger partial charge in [0.05, 0.1) is 17.3 Å². The average molecular weight is 332 g/mol. The molecule has 1 fully saturated rings. The van der Waals surface area contributed by atoms with E-state index in [2.05, 4.69) is 10.2 Å². The van der Waals surface area contributed by atoms with Gasteiger partial charge in [-0.2, -0.15) is 0 Å². The van der Waals surface area contributed by atoms with Crippen molar-refractivity contribution in [3.8, 4) is 0 Å². The average Bonchev–Trinajstić information content (AvgIpc) is 2.93. The van der Waals surface area contributed by atoms with Crippen LogP contribution < -0.4 is 0 Å². The van der Waals surface area contributed by atoms with E-state index in [9.17, 15) is 13.2 Å². The van der Waals surface area contributed by atoms with Crippen LogP contribution in [0.1, 0.15) is 19.2 Å². The predicted molar refractivity (Wildman–Crippen MR) is 80.9 cm³/mol. The number of sulfone groups is 1. The molecule has 1 aromatic rings. The summed E-state index contributed by atoms with van der Waals surface area (Å²) in [5.74, 6) is 1.25. The summed E-state index contributed by atoms with van der Waals surface area (Å²) in [6.07, 6.45) is 0.537. The van der Waals surface area contributed by atoms with Gasteiger partial charge in [-0.05, 0) is 20.3 Å². The van der Waals surface area contributed by atoms with E-state index in [0.29, 0.717) is 18.1 Å². The van der Waals surface area contributed by atoms with Crippen LogP contribution >= 0.6 is 11.8 Å². The molecule has 1 aliphatic rings. The number of aryl methyl sites for hydroxylation is 1. The van der Waals surface area contributed by atoms with E-state index in [4.69, 9.17) is 0 Å². The predicted octanol–water partition coefficient (Wildman–Crippen LogP) is 0.251. The lowest BCUT2D eigenvalue weighted by Gasteiger charge is -2.26. The Balaban J connectivity index is 1.96. The second kappa shape index (κ2) is 6.35. The van der Waals surface area contributed by atoms with Crippen LogP contribution in [0.15, 0.2) is 5.16 Å². The number of amides is 1.